The van der Waals surface area contributed by atoms with Gasteiger partial charge in [0.15, 0.2) is 0 Å². The van der Waals surface area contributed by atoms with Gasteiger partial charge in [0.1, 0.15) is 6.54 Å². The van der Waals surface area contributed by atoms with Gasteiger partial charge in [0, 0.05) is 6.20 Å². The molecule has 1 aliphatic heterocycles. The molecule has 0 unspecified atom stereocenters. The van der Waals surface area contributed by atoms with E-state index in [1.54, 1.807) is 0 Å². The van der Waals surface area contributed by atoms with Gasteiger partial charge in [-0.05, 0) is 31.1 Å². The molecule has 5 heteroatoms. The molecule has 0 aromatic heterocycles. The van der Waals surface area contributed by atoms with E-state index in [0.29, 0.717) is 6.54 Å². The molecular formula is C7H10IN3O. The number of rotatable bonds is 2. The van der Waals surface area contributed by atoms with Crippen molar-refractivity contribution in [3.8, 4) is 0 Å². The van der Waals surface area contributed by atoms with E-state index in [1.807, 2.05) is 27.5 Å². The minimum absolute atomic E-state index is 0.158. The van der Waals surface area contributed by atoms with Gasteiger partial charge in [0.2, 0.25) is 0 Å². The summed E-state index contributed by atoms with van der Waals surface area (Å²) in [4.78, 5) is 10.9. The summed E-state index contributed by atoms with van der Waals surface area (Å²) in [5.74, 6) is 4.81. The topological polar surface area (TPSA) is 58.4 Å². The molecule has 1 heterocycles. The highest BCUT2D eigenvalue weighted by atomic mass is 127. The van der Waals surface area contributed by atoms with Crippen LogP contribution in [0.5, 0.6) is 0 Å². The molecule has 0 aliphatic carbocycles. The predicted molar refractivity (Wildman–Crippen MR) is 57.4 cm³/mol. The van der Waals surface area contributed by atoms with Gasteiger partial charge < -0.3 is 3.11 Å². The highest BCUT2D eigenvalue weighted by molar-refractivity contribution is 14.2. The fourth-order valence-electron chi connectivity index (χ4n) is 0.657. The first-order valence-electron chi connectivity index (χ1n) is 3.39. The average molecular weight is 279 g/mol. The zero-order valence-corrected chi connectivity index (χ0v) is 8.56. The van der Waals surface area contributed by atoms with Crippen molar-refractivity contribution >= 4 is 30.9 Å². The van der Waals surface area contributed by atoms with E-state index in [1.165, 1.54) is 0 Å². The molecule has 0 fully saturated rings. The Balaban J connectivity index is 2.48. The molecule has 1 rings (SSSR count). The van der Waals surface area contributed by atoms with Crippen LogP contribution in [0.3, 0.4) is 0 Å². The molecule has 0 aromatic carbocycles. The number of allylic oxidation sites excluding steroid dienone is 3. The molecule has 1 amide bonds. The SMILES string of the molecule is NNC(=O)CN1C=CC=CC=I1. The van der Waals surface area contributed by atoms with Crippen molar-refractivity contribution in [2.24, 2.45) is 5.84 Å². The summed E-state index contributed by atoms with van der Waals surface area (Å²) < 4.78 is 4.06. The summed E-state index contributed by atoms with van der Waals surface area (Å²) in [6, 6.07) is 0. The van der Waals surface area contributed by atoms with E-state index >= 15 is 0 Å². The number of carbonyl (C=O) groups is 1. The normalized spacial score (nSPS) is 15.2. The van der Waals surface area contributed by atoms with Gasteiger partial charge in [-0.2, -0.15) is 0 Å². The Morgan fingerprint density at radius 3 is 3.08 bits per heavy atom. The van der Waals surface area contributed by atoms with Gasteiger partial charge >= 0.3 is 0 Å². The number of hydrogen-bond donors (Lipinski definition) is 2. The molecule has 12 heavy (non-hydrogen) atoms. The lowest BCUT2D eigenvalue weighted by atomic mass is 10.5. The van der Waals surface area contributed by atoms with Crippen molar-refractivity contribution in [1.82, 2.24) is 8.54 Å². The predicted octanol–water partition coefficient (Wildman–Crippen LogP) is 0.0497. The van der Waals surface area contributed by atoms with E-state index in [0.717, 1.165) is 0 Å². The smallest absolute Gasteiger partial charge is 0.254 e. The molecule has 66 valence electrons. The number of hydrogen-bond acceptors (Lipinski definition) is 3. The summed E-state index contributed by atoms with van der Waals surface area (Å²) in [5, 5.41) is 0. The van der Waals surface area contributed by atoms with Crippen LogP contribution >= 0.6 is 21.0 Å². The van der Waals surface area contributed by atoms with E-state index in [4.69, 9.17) is 5.84 Å². The maximum atomic E-state index is 10.9. The quantitative estimate of drug-likeness (QED) is 0.247. The minimum atomic E-state index is -0.200. The first-order chi connectivity index (χ1) is 5.83. The molecule has 0 spiro atoms. The van der Waals surface area contributed by atoms with Gasteiger partial charge in [-0.25, -0.2) is 5.84 Å². The molecular weight excluding hydrogens is 269 g/mol. The van der Waals surface area contributed by atoms with Crippen molar-refractivity contribution in [3.05, 3.63) is 24.4 Å². The van der Waals surface area contributed by atoms with Crippen LogP contribution in [0.1, 0.15) is 0 Å². The van der Waals surface area contributed by atoms with Crippen molar-refractivity contribution < 1.29 is 4.79 Å². The van der Waals surface area contributed by atoms with Gasteiger partial charge in [0.05, 0.1) is 0 Å². The highest BCUT2D eigenvalue weighted by Crippen LogP contribution is 2.09. The zero-order chi connectivity index (χ0) is 8.81. The number of nitrogens with zero attached hydrogens (tertiary/aromatic N) is 1. The first kappa shape index (κ1) is 9.40. The number of halogens is 1. The molecule has 1 aliphatic rings. The van der Waals surface area contributed by atoms with E-state index in [2.05, 4.69) is 9.44 Å². The van der Waals surface area contributed by atoms with Crippen LogP contribution in [0.25, 0.3) is 0 Å². The van der Waals surface area contributed by atoms with E-state index in [9.17, 15) is 4.79 Å². The number of hydrazine groups is 1. The van der Waals surface area contributed by atoms with Crippen molar-refractivity contribution in [2.45, 2.75) is 0 Å². The maximum absolute atomic E-state index is 10.9. The Hall–Kier alpha value is -0.690. The van der Waals surface area contributed by atoms with Crippen LogP contribution < -0.4 is 11.3 Å². The lowest BCUT2D eigenvalue weighted by molar-refractivity contribution is -0.120. The van der Waals surface area contributed by atoms with Crippen molar-refractivity contribution in [3.63, 3.8) is 0 Å². The van der Waals surface area contributed by atoms with Gasteiger partial charge in [-0.15, -0.1) is 0 Å². The Bertz CT molecular complexity index is 231. The molecule has 0 radical (unpaired) electrons. The van der Waals surface area contributed by atoms with Crippen LogP contribution in [0.15, 0.2) is 24.4 Å². The Morgan fingerprint density at radius 2 is 2.33 bits per heavy atom. The second kappa shape index (κ2) is 5.04. The van der Waals surface area contributed by atoms with Gasteiger partial charge in [-0.1, -0.05) is 12.2 Å². The molecule has 0 saturated heterocycles. The third kappa shape index (κ3) is 3.14. The first-order valence-corrected chi connectivity index (χ1v) is 5.60. The molecule has 0 saturated carbocycles. The Labute approximate surface area is 81.2 Å². The number of nitrogens with two attached hydrogens (primary N) is 1. The molecule has 0 atom stereocenters. The van der Waals surface area contributed by atoms with Gasteiger partial charge in [-0.3, -0.25) is 10.2 Å². The third-order valence-electron chi connectivity index (χ3n) is 1.18. The fourth-order valence-corrected chi connectivity index (χ4v) is 2.37. The standard InChI is InChI=1S/C7H10IN3O/c9-10-7(12)6-11-5-3-1-2-4-8-11/h1-5H,6,9H2,(H,10,12). The second-order valence-electron chi connectivity index (χ2n) is 2.08. The highest BCUT2D eigenvalue weighted by Gasteiger charge is 2.02. The van der Waals surface area contributed by atoms with E-state index < -0.39 is 0 Å². The largest absolute Gasteiger partial charge is 0.317 e. The summed E-state index contributed by atoms with van der Waals surface area (Å²) in [6.07, 6.45) is 7.75. The summed E-state index contributed by atoms with van der Waals surface area (Å²) in [6.45, 7) is 0.346. The summed E-state index contributed by atoms with van der Waals surface area (Å²) in [7, 11) is 0. The maximum Gasteiger partial charge on any atom is 0.254 e. The minimum Gasteiger partial charge on any atom is -0.317 e. The van der Waals surface area contributed by atoms with Crippen LogP contribution in [-0.4, -0.2) is 19.6 Å². The fraction of sp³-hybridized carbons (Fsp3) is 0.143. The number of amides is 1. The average Bonchev–Trinajstić information content (AvgIpc) is 2.33. The Kier molecular flexibility index (Phi) is 3.95. The van der Waals surface area contributed by atoms with Crippen LogP contribution in [0, 0.1) is 0 Å². The third-order valence-corrected chi connectivity index (χ3v) is 3.30. The molecule has 4 nitrogen and oxygen atoms in total. The lowest BCUT2D eigenvalue weighted by Crippen LogP contribution is -2.35. The summed E-state index contributed by atoms with van der Waals surface area (Å²) >= 11 is -0.200. The van der Waals surface area contributed by atoms with E-state index in [-0.39, 0.29) is 26.9 Å². The summed E-state index contributed by atoms with van der Waals surface area (Å²) in [5.41, 5.74) is 2.10. The van der Waals surface area contributed by atoms with Crippen molar-refractivity contribution in [1.29, 1.82) is 0 Å². The molecule has 0 aromatic rings. The second-order valence-corrected chi connectivity index (χ2v) is 4.59. The van der Waals surface area contributed by atoms with Gasteiger partial charge in [0.25, 0.3) is 5.91 Å². The van der Waals surface area contributed by atoms with Crippen LogP contribution in [0.4, 0.5) is 0 Å². The number of nitrogens with one attached hydrogen (secondary N) is 1. The lowest BCUT2D eigenvalue weighted by Gasteiger charge is -2.11. The van der Waals surface area contributed by atoms with Crippen LogP contribution in [0.2, 0.25) is 0 Å². The molecule has 0 bridgehead atoms. The zero-order valence-electron chi connectivity index (χ0n) is 6.40. The Morgan fingerprint density at radius 1 is 1.50 bits per heavy atom. The number of carbonyl (C=O) groups excluding carboxylic acids is 1. The van der Waals surface area contributed by atoms with Crippen molar-refractivity contribution in [2.75, 3.05) is 6.54 Å². The monoisotopic (exact) mass is 279 g/mol. The molecule has 3 N–H and O–H groups in total. The van der Waals surface area contributed by atoms with Crippen LogP contribution in [-0.2, 0) is 4.79 Å².